The maximum absolute atomic E-state index is 10.6. The van der Waals surface area contributed by atoms with Crippen molar-refractivity contribution in [1.82, 2.24) is 0 Å². The molecule has 0 aromatic carbocycles. The van der Waals surface area contributed by atoms with Crippen LogP contribution >= 0.6 is 7.60 Å². The molecule has 11 heteroatoms. The molecular formula is C6H13Na2O8P. The average molecular weight is 290 g/mol. The van der Waals surface area contributed by atoms with Gasteiger partial charge in [0, 0.05) is 59.1 Å². The number of ether oxygens (including phenoxy) is 1. The van der Waals surface area contributed by atoms with Gasteiger partial charge in [0.1, 0.15) is 24.4 Å². The minimum atomic E-state index is -4.43. The van der Waals surface area contributed by atoms with Gasteiger partial charge in [-0.15, -0.1) is 0 Å². The van der Waals surface area contributed by atoms with Gasteiger partial charge >= 0.3 is 7.60 Å². The van der Waals surface area contributed by atoms with Crippen LogP contribution in [0.15, 0.2) is 0 Å². The largest absolute Gasteiger partial charge is 0.388 e. The Bertz CT molecular complexity index is 273. The van der Waals surface area contributed by atoms with E-state index in [1.54, 1.807) is 0 Å². The van der Waals surface area contributed by atoms with Gasteiger partial charge in [-0.1, -0.05) is 0 Å². The third-order valence-electron chi connectivity index (χ3n) is 2.10. The molecular weight excluding hydrogens is 277 g/mol. The number of hydrogen-bond donors (Lipinski definition) is 6. The van der Waals surface area contributed by atoms with Gasteiger partial charge in [-0.25, -0.2) is 0 Å². The first-order valence-corrected chi connectivity index (χ1v) is 5.94. The molecule has 0 amide bonds. The van der Waals surface area contributed by atoms with Crippen molar-refractivity contribution >= 4 is 66.7 Å². The van der Waals surface area contributed by atoms with Crippen LogP contribution in [0.5, 0.6) is 0 Å². The van der Waals surface area contributed by atoms with Crippen molar-refractivity contribution in [2.75, 3.05) is 6.16 Å². The van der Waals surface area contributed by atoms with E-state index >= 15 is 0 Å². The van der Waals surface area contributed by atoms with E-state index in [9.17, 15) is 14.8 Å². The van der Waals surface area contributed by atoms with Crippen molar-refractivity contribution in [2.24, 2.45) is 0 Å². The Kier molecular flexibility index (Phi) is 10.4. The topological polar surface area (TPSA) is 148 Å². The summed E-state index contributed by atoms with van der Waals surface area (Å²) in [4.78, 5) is 17.2. The van der Waals surface area contributed by atoms with Crippen LogP contribution in [-0.2, 0) is 9.30 Å². The summed E-state index contributed by atoms with van der Waals surface area (Å²) >= 11 is 0. The van der Waals surface area contributed by atoms with Crippen LogP contribution in [0.2, 0.25) is 0 Å². The van der Waals surface area contributed by atoms with Gasteiger partial charge in [0.05, 0.1) is 6.16 Å². The Balaban J connectivity index is 0. The number of rotatable bonds is 2. The molecule has 1 rings (SSSR count). The van der Waals surface area contributed by atoms with Gasteiger partial charge in [-0.3, -0.25) is 4.57 Å². The Hall–Kier alpha value is 1.95. The van der Waals surface area contributed by atoms with Gasteiger partial charge in [-0.2, -0.15) is 0 Å². The molecule has 0 aliphatic carbocycles. The van der Waals surface area contributed by atoms with Crippen LogP contribution in [-0.4, -0.2) is 126 Å². The number of hydrogen-bond acceptors (Lipinski definition) is 6. The first-order chi connectivity index (χ1) is 6.72. The standard InChI is InChI=1S/C6H13O8P.2Na/c7-3-2(1-15(11,12)13)14-6(10)5(9)4(3)8;;/h2-10H,1H2,(H2,11,12,13);;/t2-,3-,4+,5+,6+;;/m1../s1. The van der Waals surface area contributed by atoms with Gasteiger partial charge < -0.3 is 34.9 Å². The Labute approximate surface area is 142 Å². The molecule has 17 heavy (non-hydrogen) atoms. The first kappa shape index (κ1) is 21.3. The van der Waals surface area contributed by atoms with Crippen LogP contribution in [0.25, 0.3) is 0 Å². The number of aliphatic hydroxyl groups is 4. The van der Waals surface area contributed by atoms with Crippen molar-refractivity contribution in [3.05, 3.63) is 0 Å². The fourth-order valence-corrected chi connectivity index (χ4v) is 2.09. The third kappa shape index (κ3) is 6.29. The summed E-state index contributed by atoms with van der Waals surface area (Å²) in [5, 5.41) is 36.6. The second-order valence-corrected chi connectivity index (χ2v) is 5.08. The Morgan fingerprint density at radius 2 is 1.41 bits per heavy atom. The Morgan fingerprint density at radius 1 is 0.941 bits per heavy atom. The molecule has 1 aliphatic heterocycles. The van der Waals surface area contributed by atoms with Crippen molar-refractivity contribution in [3.63, 3.8) is 0 Å². The van der Waals surface area contributed by atoms with Crippen LogP contribution in [0.3, 0.4) is 0 Å². The van der Waals surface area contributed by atoms with Crippen molar-refractivity contribution in [1.29, 1.82) is 0 Å². The molecule has 0 bridgehead atoms. The second-order valence-electron chi connectivity index (χ2n) is 3.38. The van der Waals surface area contributed by atoms with E-state index in [2.05, 4.69) is 4.74 Å². The predicted molar refractivity (Wildman–Crippen MR) is 57.3 cm³/mol. The molecule has 2 radical (unpaired) electrons. The molecule has 5 atom stereocenters. The van der Waals surface area contributed by atoms with E-state index in [4.69, 9.17) is 20.0 Å². The summed E-state index contributed by atoms with van der Waals surface area (Å²) in [6, 6.07) is 0. The minimum absolute atomic E-state index is 0. The second kappa shape index (κ2) is 8.28. The van der Waals surface area contributed by atoms with Crippen molar-refractivity contribution in [3.8, 4) is 0 Å². The molecule has 1 fully saturated rings. The average Bonchev–Trinajstić information content (AvgIpc) is 2.08. The van der Waals surface area contributed by atoms with Crippen molar-refractivity contribution < 1.29 is 39.5 Å². The van der Waals surface area contributed by atoms with Gasteiger partial charge in [0.2, 0.25) is 0 Å². The monoisotopic (exact) mass is 290 g/mol. The summed E-state index contributed by atoms with van der Waals surface area (Å²) < 4.78 is 15.2. The molecule has 0 aromatic rings. The fourth-order valence-electron chi connectivity index (χ4n) is 1.32. The van der Waals surface area contributed by atoms with E-state index in [1.165, 1.54) is 0 Å². The molecule has 0 unspecified atom stereocenters. The molecule has 0 spiro atoms. The van der Waals surface area contributed by atoms with E-state index < -0.39 is 44.5 Å². The maximum atomic E-state index is 10.6. The predicted octanol–water partition coefficient (Wildman–Crippen LogP) is -3.80. The summed E-state index contributed by atoms with van der Waals surface area (Å²) in [6.07, 6.45) is -9.09. The van der Waals surface area contributed by atoms with Crippen LogP contribution in [0.1, 0.15) is 0 Å². The molecule has 0 aromatic heterocycles. The minimum Gasteiger partial charge on any atom is -0.388 e. The first-order valence-electron chi connectivity index (χ1n) is 4.14. The molecule has 1 saturated heterocycles. The zero-order valence-corrected chi connectivity index (χ0v) is 14.4. The van der Waals surface area contributed by atoms with E-state index in [0.29, 0.717) is 0 Å². The molecule has 1 aliphatic rings. The Morgan fingerprint density at radius 3 is 1.82 bits per heavy atom. The van der Waals surface area contributed by atoms with E-state index in [0.717, 1.165) is 0 Å². The molecule has 6 N–H and O–H groups in total. The normalized spacial score (nSPS) is 37.9. The summed E-state index contributed by atoms with van der Waals surface area (Å²) in [5.41, 5.74) is 0. The molecule has 1 heterocycles. The zero-order chi connectivity index (χ0) is 11.8. The van der Waals surface area contributed by atoms with Crippen molar-refractivity contribution in [2.45, 2.75) is 30.7 Å². The van der Waals surface area contributed by atoms with E-state index in [1.807, 2.05) is 0 Å². The molecule has 8 nitrogen and oxygen atoms in total. The SMILES string of the molecule is O=P(O)(O)C[C@H]1O[C@H](O)[C@@H](O)[C@@H](O)[C@@H]1O.[Na].[Na]. The van der Waals surface area contributed by atoms with Crippen LogP contribution in [0.4, 0.5) is 0 Å². The molecule has 0 saturated carbocycles. The smallest absolute Gasteiger partial charge is 0.328 e. The van der Waals surface area contributed by atoms with E-state index in [-0.39, 0.29) is 59.1 Å². The third-order valence-corrected chi connectivity index (χ3v) is 2.94. The van der Waals surface area contributed by atoms with Gasteiger partial charge in [0.25, 0.3) is 0 Å². The summed E-state index contributed by atoms with van der Waals surface area (Å²) in [5.74, 6) is 0. The maximum Gasteiger partial charge on any atom is 0.328 e. The van der Waals surface area contributed by atoms with Gasteiger partial charge in [-0.05, 0) is 0 Å². The summed E-state index contributed by atoms with van der Waals surface area (Å²) in [7, 11) is -4.43. The van der Waals surface area contributed by atoms with Crippen LogP contribution in [0, 0.1) is 0 Å². The summed E-state index contributed by atoms with van der Waals surface area (Å²) in [6.45, 7) is 0. The van der Waals surface area contributed by atoms with Crippen LogP contribution < -0.4 is 0 Å². The fraction of sp³-hybridized carbons (Fsp3) is 1.00. The zero-order valence-electron chi connectivity index (χ0n) is 9.54. The number of aliphatic hydroxyl groups excluding tert-OH is 4. The quantitative estimate of drug-likeness (QED) is 0.224. The molecule has 92 valence electrons. The van der Waals surface area contributed by atoms with Gasteiger partial charge in [0.15, 0.2) is 6.29 Å².